The van der Waals surface area contributed by atoms with Crippen LogP contribution in [0.5, 0.6) is 0 Å². The van der Waals surface area contributed by atoms with Crippen molar-refractivity contribution in [2.24, 2.45) is 5.92 Å². The molecule has 0 unspecified atom stereocenters. The number of rotatable bonds is 6. The lowest BCUT2D eigenvalue weighted by molar-refractivity contribution is 0.245. The first-order chi connectivity index (χ1) is 11.8. The summed E-state index contributed by atoms with van der Waals surface area (Å²) >= 11 is 5.43. The molecule has 0 fully saturated rings. The van der Waals surface area contributed by atoms with Crippen LogP contribution in [0.15, 0.2) is 23.0 Å². The number of nitrogens with one attached hydrogen (secondary N) is 2. The second-order valence-corrected chi connectivity index (χ2v) is 7.28. The Kier molecular flexibility index (Phi) is 6.56. The maximum atomic E-state index is 12.5. The number of aliphatic hydroxyl groups is 1. The Bertz CT molecular complexity index is 814. The van der Waals surface area contributed by atoms with Gasteiger partial charge in [0.1, 0.15) is 0 Å². The van der Waals surface area contributed by atoms with Crippen LogP contribution in [-0.2, 0) is 6.54 Å². The molecule has 1 heterocycles. The number of hydrogen-bond donors (Lipinski definition) is 3. The van der Waals surface area contributed by atoms with Crippen LogP contribution in [0.3, 0.4) is 0 Å². The molecule has 25 heavy (non-hydrogen) atoms. The Hall–Kier alpha value is -1.92. The molecule has 6 heteroatoms. The number of fused-ring (bicyclic) bond motifs is 1. The predicted molar refractivity (Wildman–Crippen MR) is 107 cm³/mol. The summed E-state index contributed by atoms with van der Waals surface area (Å²) in [6.07, 6.45) is 0. The Balaban J connectivity index is 2.30. The molecular weight excluding hydrogens is 334 g/mol. The van der Waals surface area contributed by atoms with Gasteiger partial charge in [-0.1, -0.05) is 25.5 Å². The van der Waals surface area contributed by atoms with Crippen molar-refractivity contribution in [1.82, 2.24) is 15.2 Å². The third-order valence-electron chi connectivity index (χ3n) is 4.05. The number of aliphatic hydroxyl groups excluding tert-OH is 1. The average molecular weight is 362 g/mol. The van der Waals surface area contributed by atoms with Crippen molar-refractivity contribution in [2.45, 2.75) is 34.2 Å². The molecular formula is C19H27N3O2S. The van der Waals surface area contributed by atoms with Crippen LogP contribution >= 0.6 is 12.2 Å². The molecule has 0 spiro atoms. The van der Waals surface area contributed by atoms with Crippen LogP contribution in [0.2, 0.25) is 0 Å². The molecule has 0 aliphatic rings. The second kappa shape index (κ2) is 8.45. The van der Waals surface area contributed by atoms with E-state index in [9.17, 15) is 9.90 Å². The Morgan fingerprint density at radius 3 is 2.68 bits per heavy atom. The monoisotopic (exact) mass is 361 g/mol. The molecule has 136 valence electrons. The van der Waals surface area contributed by atoms with Gasteiger partial charge in [0.05, 0.1) is 18.7 Å². The molecule has 0 saturated carbocycles. The maximum Gasteiger partial charge on any atom is 0.253 e. The van der Waals surface area contributed by atoms with Crippen molar-refractivity contribution >= 4 is 28.2 Å². The first-order valence-corrected chi connectivity index (χ1v) is 8.99. The van der Waals surface area contributed by atoms with Gasteiger partial charge in [-0.2, -0.15) is 0 Å². The molecule has 1 aromatic heterocycles. The highest BCUT2D eigenvalue weighted by atomic mass is 32.1. The predicted octanol–water partition coefficient (Wildman–Crippen LogP) is 2.47. The largest absolute Gasteiger partial charge is 0.395 e. The summed E-state index contributed by atoms with van der Waals surface area (Å²) in [5.41, 5.74) is 3.60. The van der Waals surface area contributed by atoms with E-state index in [2.05, 4.69) is 36.3 Å². The summed E-state index contributed by atoms with van der Waals surface area (Å²) in [6.45, 7) is 9.72. The van der Waals surface area contributed by atoms with E-state index in [0.717, 1.165) is 28.6 Å². The summed E-state index contributed by atoms with van der Waals surface area (Å²) in [4.78, 5) is 17.3. The quantitative estimate of drug-likeness (QED) is 0.690. The van der Waals surface area contributed by atoms with Gasteiger partial charge < -0.3 is 20.3 Å². The van der Waals surface area contributed by atoms with Gasteiger partial charge in [0, 0.05) is 18.7 Å². The summed E-state index contributed by atoms with van der Waals surface area (Å²) < 4.78 is 0. The lowest BCUT2D eigenvalue weighted by Gasteiger charge is -2.25. The summed E-state index contributed by atoms with van der Waals surface area (Å²) in [5, 5.41) is 14.1. The van der Waals surface area contributed by atoms with Crippen molar-refractivity contribution < 1.29 is 5.11 Å². The topological polar surface area (TPSA) is 68.4 Å². The molecule has 1 aromatic carbocycles. The number of benzene rings is 1. The van der Waals surface area contributed by atoms with E-state index in [4.69, 9.17) is 12.2 Å². The van der Waals surface area contributed by atoms with Crippen LogP contribution in [0.25, 0.3) is 10.9 Å². The van der Waals surface area contributed by atoms with Crippen LogP contribution in [0.1, 0.15) is 30.5 Å². The third-order valence-corrected chi connectivity index (χ3v) is 4.45. The fourth-order valence-electron chi connectivity index (χ4n) is 2.83. The number of nitrogens with zero attached hydrogens (tertiary/aromatic N) is 1. The van der Waals surface area contributed by atoms with E-state index >= 15 is 0 Å². The number of aromatic nitrogens is 1. The van der Waals surface area contributed by atoms with Crippen LogP contribution in [0.4, 0.5) is 0 Å². The highest BCUT2D eigenvalue weighted by Gasteiger charge is 2.13. The standard InChI is InChI=1S/C19H27N3O2S/c1-12(2)10-20-19(25)22(5-6-23)11-16-9-15-8-13(3)7-14(4)17(15)21-18(16)24/h7-9,12,23H,5-6,10-11H2,1-4H3,(H,20,25)(H,21,24). The first-order valence-electron chi connectivity index (χ1n) is 8.58. The summed E-state index contributed by atoms with van der Waals surface area (Å²) in [6, 6.07) is 6.04. The molecule has 0 atom stereocenters. The van der Waals surface area contributed by atoms with Crippen molar-refractivity contribution in [3.8, 4) is 0 Å². The Morgan fingerprint density at radius 1 is 1.32 bits per heavy atom. The van der Waals surface area contributed by atoms with E-state index in [1.54, 1.807) is 0 Å². The summed E-state index contributed by atoms with van der Waals surface area (Å²) in [7, 11) is 0. The molecule has 0 aliphatic carbocycles. The lowest BCUT2D eigenvalue weighted by atomic mass is 10.1. The molecule has 3 N–H and O–H groups in total. The van der Waals surface area contributed by atoms with Crippen molar-refractivity contribution in [1.29, 1.82) is 0 Å². The van der Waals surface area contributed by atoms with Crippen LogP contribution < -0.4 is 10.9 Å². The molecule has 0 amide bonds. The zero-order valence-electron chi connectivity index (χ0n) is 15.3. The van der Waals surface area contributed by atoms with Gasteiger partial charge in [-0.15, -0.1) is 0 Å². The number of pyridine rings is 1. The maximum absolute atomic E-state index is 12.5. The van der Waals surface area contributed by atoms with Gasteiger partial charge in [-0.25, -0.2) is 0 Å². The number of thiocarbonyl (C=S) groups is 1. The van der Waals surface area contributed by atoms with E-state index in [1.807, 2.05) is 24.8 Å². The van der Waals surface area contributed by atoms with Gasteiger partial charge in [-0.05, 0) is 55.1 Å². The highest BCUT2D eigenvalue weighted by Crippen LogP contribution is 2.18. The molecule has 2 aromatic rings. The van der Waals surface area contributed by atoms with Crippen molar-refractivity contribution in [2.75, 3.05) is 19.7 Å². The number of H-pyrrole nitrogens is 1. The molecule has 0 saturated heterocycles. The smallest absolute Gasteiger partial charge is 0.253 e. The summed E-state index contributed by atoms with van der Waals surface area (Å²) in [5.74, 6) is 0.462. The van der Waals surface area contributed by atoms with Crippen LogP contribution in [0, 0.1) is 19.8 Å². The van der Waals surface area contributed by atoms with Crippen molar-refractivity contribution in [3.63, 3.8) is 0 Å². The minimum atomic E-state index is -0.117. The minimum Gasteiger partial charge on any atom is -0.395 e. The van der Waals surface area contributed by atoms with Gasteiger partial charge in [0.15, 0.2) is 5.11 Å². The molecule has 5 nitrogen and oxygen atoms in total. The first kappa shape index (κ1) is 19.4. The molecule has 0 bridgehead atoms. The zero-order valence-corrected chi connectivity index (χ0v) is 16.2. The number of hydrogen-bond acceptors (Lipinski definition) is 3. The van der Waals surface area contributed by atoms with Gasteiger partial charge in [-0.3, -0.25) is 4.79 Å². The number of aromatic amines is 1. The SMILES string of the molecule is Cc1cc(C)c2[nH]c(=O)c(CN(CCO)C(=S)NCC(C)C)cc2c1. The van der Waals surface area contributed by atoms with E-state index in [1.165, 1.54) is 0 Å². The molecule has 0 aliphatic heterocycles. The van der Waals surface area contributed by atoms with E-state index in [-0.39, 0.29) is 12.2 Å². The number of aryl methyl sites for hydroxylation is 2. The zero-order chi connectivity index (χ0) is 18.6. The van der Waals surface area contributed by atoms with Gasteiger partial charge in [0.25, 0.3) is 5.56 Å². The van der Waals surface area contributed by atoms with Crippen LogP contribution in [-0.4, -0.2) is 39.8 Å². The third kappa shape index (κ3) is 5.03. The van der Waals surface area contributed by atoms with E-state index < -0.39 is 0 Å². The van der Waals surface area contributed by atoms with Crippen molar-refractivity contribution in [3.05, 3.63) is 45.2 Å². The lowest BCUT2D eigenvalue weighted by Crippen LogP contribution is -2.43. The molecule has 0 radical (unpaired) electrons. The fourth-order valence-corrected chi connectivity index (χ4v) is 3.07. The highest BCUT2D eigenvalue weighted by molar-refractivity contribution is 7.80. The molecule has 2 rings (SSSR count). The Morgan fingerprint density at radius 2 is 2.04 bits per heavy atom. The van der Waals surface area contributed by atoms with Gasteiger partial charge in [0.2, 0.25) is 0 Å². The minimum absolute atomic E-state index is 0.0206. The average Bonchev–Trinajstić information content (AvgIpc) is 2.53. The Labute approximate surface area is 154 Å². The fraction of sp³-hybridized carbons (Fsp3) is 0.474. The normalized spacial score (nSPS) is 11.1. The van der Waals surface area contributed by atoms with Gasteiger partial charge >= 0.3 is 0 Å². The van der Waals surface area contributed by atoms with E-state index in [0.29, 0.717) is 29.7 Å². The second-order valence-electron chi connectivity index (χ2n) is 6.89.